The Kier molecular flexibility index (Phi) is 5.09. The number of nitrogens with zero attached hydrogens (tertiary/aromatic N) is 2. The van der Waals surface area contributed by atoms with E-state index in [9.17, 15) is 0 Å². The Morgan fingerprint density at radius 3 is 2.95 bits per heavy atom. The molecule has 2 aromatic rings. The van der Waals surface area contributed by atoms with E-state index in [0.29, 0.717) is 6.04 Å². The average molecular weight is 303 g/mol. The predicted octanol–water partition coefficient (Wildman–Crippen LogP) is 4.17. The first-order valence-corrected chi connectivity index (χ1v) is 9.05. The van der Waals surface area contributed by atoms with Gasteiger partial charge in [-0.3, -0.25) is 0 Å². The van der Waals surface area contributed by atoms with Crippen molar-refractivity contribution in [2.24, 2.45) is 5.92 Å². The highest BCUT2D eigenvalue weighted by Gasteiger charge is 2.24. The van der Waals surface area contributed by atoms with Crippen molar-refractivity contribution in [3.05, 3.63) is 29.9 Å². The quantitative estimate of drug-likeness (QED) is 0.868. The van der Waals surface area contributed by atoms with Crippen molar-refractivity contribution in [2.45, 2.75) is 51.6 Å². The van der Waals surface area contributed by atoms with Crippen molar-refractivity contribution in [2.75, 3.05) is 6.54 Å². The highest BCUT2D eigenvalue weighted by atomic mass is 32.1. The molecule has 114 valence electrons. The van der Waals surface area contributed by atoms with Crippen molar-refractivity contribution in [3.8, 4) is 10.7 Å². The first-order chi connectivity index (χ1) is 10.4. The van der Waals surface area contributed by atoms with E-state index in [1.165, 1.54) is 37.0 Å². The van der Waals surface area contributed by atoms with Crippen LogP contribution in [-0.2, 0) is 6.54 Å². The monoisotopic (exact) mass is 303 g/mol. The molecule has 1 atom stereocenters. The van der Waals surface area contributed by atoms with Crippen LogP contribution in [0.4, 0.5) is 0 Å². The summed E-state index contributed by atoms with van der Waals surface area (Å²) in [5, 5.41) is 5.84. The molecule has 2 heterocycles. The molecule has 1 aliphatic carbocycles. The highest BCUT2D eigenvalue weighted by Crippen LogP contribution is 2.29. The molecule has 1 fully saturated rings. The van der Waals surface area contributed by atoms with Gasteiger partial charge in [0.1, 0.15) is 5.82 Å². The minimum Gasteiger partial charge on any atom is -0.329 e. The standard InChI is InChI=1S/C17H25N3S/c1-2-18-15(14-7-4-3-5-8-14)13-20-11-10-19-17(20)16-9-6-12-21-16/h6,9-12,14-15,18H,2-5,7-8,13H2,1H3. The van der Waals surface area contributed by atoms with E-state index >= 15 is 0 Å². The molecule has 3 nitrogen and oxygen atoms in total. The summed E-state index contributed by atoms with van der Waals surface area (Å²) >= 11 is 1.77. The van der Waals surface area contributed by atoms with Gasteiger partial charge < -0.3 is 9.88 Å². The Hall–Kier alpha value is -1.13. The summed E-state index contributed by atoms with van der Waals surface area (Å²) in [7, 11) is 0. The first kappa shape index (κ1) is 14.8. The lowest BCUT2D eigenvalue weighted by Gasteiger charge is -2.31. The Labute approximate surface area is 131 Å². The third-order valence-corrected chi connectivity index (χ3v) is 5.40. The second-order valence-electron chi connectivity index (χ2n) is 5.94. The summed E-state index contributed by atoms with van der Waals surface area (Å²) in [6, 6.07) is 4.83. The van der Waals surface area contributed by atoms with E-state index in [0.717, 1.165) is 24.8 Å². The van der Waals surface area contributed by atoms with Crippen LogP contribution < -0.4 is 5.32 Å². The van der Waals surface area contributed by atoms with Gasteiger partial charge in [-0.1, -0.05) is 32.3 Å². The van der Waals surface area contributed by atoms with Gasteiger partial charge in [-0.05, 0) is 36.8 Å². The van der Waals surface area contributed by atoms with Gasteiger partial charge in [0.2, 0.25) is 0 Å². The fraction of sp³-hybridized carbons (Fsp3) is 0.588. The van der Waals surface area contributed by atoms with Gasteiger partial charge in [0.15, 0.2) is 0 Å². The van der Waals surface area contributed by atoms with Crippen LogP contribution in [-0.4, -0.2) is 22.1 Å². The van der Waals surface area contributed by atoms with E-state index in [-0.39, 0.29) is 0 Å². The van der Waals surface area contributed by atoms with Crippen LogP contribution in [0.15, 0.2) is 29.9 Å². The van der Waals surface area contributed by atoms with Crippen LogP contribution in [0, 0.1) is 5.92 Å². The van der Waals surface area contributed by atoms with Crippen LogP contribution >= 0.6 is 11.3 Å². The second-order valence-corrected chi connectivity index (χ2v) is 6.89. The number of nitrogens with one attached hydrogen (secondary N) is 1. The molecule has 4 heteroatoms. The molecular weight excluding hydrogens is 278 g/mol. The van der Waals surface area contributed by atoms with Gasteiger partial charge in [-0.15, -0.1) is 11.3 Å². The molecule has 1 N–H and O–H groups in total. The molecule has 21 heavy (non-hydrogen) atoms. The number of rotatable bonds is 6. The SMILES string of the molecule is CCNC(Cn1ccnc1-c1cccs1)C1CCCCC1. The van der Waals surface area contributed by atoms with E-state index in [1.807, 2.05) is 6.20 Å². The Morgan fingerprint density at radius 1 is 1.38 bits per heavy atom. The van der Waals surface area contributed by atoms with Crippen molar-refractivity contribution in [1.29, 1.82) is 0 Å². The van der Waals surface area contributed by atoms with Crippen LogP contribution in [0.2, 0.25) is 0 Å². The molecule has 3 rings (SSSR count). The largest absolute Gasteiger partial charge is 0.329 e. The van der Waals surface area contributed by atoms with Gasteiger partial charge in [0.05, 0.1) is 4.88 Å². The van der Waals surface area contributed by atoms with Crippen LogP contribution in [0.25, 0.3) is 10.7 Å². The van der Waals surface area contributed by atoms with E-state index in [2.05, 4.69) is 45.5 Å². The fourth-order valence-electron chi connectivity index (χ4n) is 3.48. The van der Waals surface area contributed by atoms with Gasteiger partial charge in [0.25, 0.3) is 0 Å². The third-order valence-electron chi connectivity index (χ3n) is 4.54. The lowest BCUT2D eigenvalue weighted by Crippen LogP contribution is -2.40. The molecule has 0 spiro atoms. The average Bonchev–Trinajstić information content (AvgIpc) is 3.18. The zero-order valence-corrected chi connectivity index (χ0v) is 13.6. The van der Waals surface area contributed by atoms with E-state index in [1.54, 1.807) is 11.3 Å². The number of thiophene rings is 1. The molecule has 0 bridgehead atoms. The highest BCUT2D eigenvalue weighted by molar-refractivity contribution is 7.13. The lowest BCUT2D eigenvalue weighted by atomic mass is 9.83. The lowest BCUT2D eigenvalue weighted by molar-refractivity contribution is 0.251. The molecule has 1 saturated carbocycles. The summed E-state index contributed by atoms with van der Waals surface area (Å²) in [5.74, 6) is 1.93. The maximum atomic E-state index is 4.56. The van der Waals surface area contributed by atoms with Crippen molar-refractivity contribution < 1.29 is 0 Å². The molecule has 0 radical (unpaired) electrons. The summed E-state index contributed by atoms with van der Waals surface area (Å²) in [6.45, 7) is 4.29. The summed E-state index contributed by atoms with van der Waals surface area (Å²) in [4.78, 5) is 5.83. The molecule has 1 aliphatic rings. The van der Waals surface area contributed by atoms with Crippen LogP contribution in [0.1, 0.15) is 39.0 Å². The smallest absolute Gasteiger partial charge is 0.150 e. The van der Waals surface area contributed by atoms with Gasteiger partial charge in [-0.25, -0.2) is 4.98 Å². The van der Waals surface area contributed by atoms with Crippen LogP contribution in [0.5, 0.6) is 0 Å². The molecule has 0 aromatic carbocycles. The maximum Gasteiger partial charge on any atom is 0.150 e. The fourth-order valence-corrected chi connectivity index (χ4v) is 4.21. The molecule has 0 saturated heterocycles. The van der Waals surface area contributed by atoms with Crippen molar-refractivity contribution in [1.82, 2.24) is 14.9 Å². The number of hydrogen-bond donors (Lipinski definition) is 1. The zero-order valence-electron chi connectivity index (χ0n) is 12.8. The predicted molar refractivity (Wildman–Crippen MR) is 89.6 cm³/mol. The van der Waals surface area contributed by atoms with E-state index < -0.39 is 0 Å². The number of imidazole rings is 1. The maximum absolute atomic E-state index is 4.56. The summed E-state index contributed by atoms with van der Waals surface area (Å²) in [5.41, 5.74) is 0. The Balaban J connectivity index is 1.75. The Bertz CT molecular complexity index is 526. The molecule has 0 aliphatic heterocycles. The normalized spacial score (nSPS) is 18.0. The van der Waals surface area contributed by atoms with Gasteiger partial charge in [-0.2, -0.15) is 0 Å². The number of hydrogen-bond acceptors (Lipinski definition) is 3. The minimum absolute atomic E-state index is 0.572. The summed E-state index contributed by atoms with van der Waals surface area (Å²) < 4.78 is 2.33. The van der Waals surface area contributed by atoms with Crippen molar-refractivity contribution in [3.63, 3.8) is 0 Å². The van der Waals surface area contributed by atoms with Crippen molar-refractivity contribution >= 4 is 11.3 Å². The zero-order chi connectivity index (χ0) is 14.5. The third kappa shape index (κ3) is 3.55. The topological polar surface area (TPSA) is 29.9 Å². The number of aromatic nitrogens is 2. The minimum atomic E-state index is 0.572. The molecule has 2 aromatic heterocycles. The molecule has 0 amide bonds. The number of likely N-dealkylation sites (N-methyl/N-ethyl adjacent to an activating group) is 1. The summed E-state index contributed by atoms with van der Waals surface area (Å²) in [6.07, 6.45) is 11.0. The van der Waals surface area contributed by atoms with Gasteiger partial charge >= 0.3 is 0 Å². The van der Waals surface area contributed by atoms with Crippen LogP contribution in [0.3, 0.4) is 0 Å². The molecular formula is C17H25N3S. The molecule has 1 unspecified atom stereocenters. The van der Waals surface area contributed by atoms with E-state index in [4.69, 9.17) is 0 Å². The first-order valence-electron chi connectivity index (χ1n) is 8.17. The Morgan fingerprint density at radius 2 is 2.24 bits per heavy atom. The second kappa shape index (κ2) is 7.23. The van der Waals surface area contributed by atoms with Gasteiger partial charge in [0, 0.05) is 25.0 Å².